The van der Waals surface area contributed by atoms with Crippen molar-refractivity contribution in [1.82, 2.24) is 9.88 Å². The molecule has 1 aromatic heterocycles. The van der Waals surface area contributed by atoms with Crippen LogP contribution in [0.3, 0.4) is 0 Å². The van der Waals surface area contributed by atoms with Crippen molar-refractivity contribution in [2.45, 2.75) is 38.0 Å². The van der Waals surface area contributed by atoms with Crippen molar-refractivity contribution in [3.63, 3.8) is 0 Å². The topological polar surface area (TPSA) is 53.4 Å². The Bertz CT molecular complexity index is 423. The van der Waals surface area contributed by atoms with E-state index in [0.29, 0.717) is 13.0 Å². The van der Waals surface area contributed by atoms with Crippen molar-refractivity contribution in [1.29, 1.82) is 0 Å². The third-order valence-electron chi connectivity index (χ3n) is 3.13. The lowest BCUT2D eigenvalue weighted by Gasteiger charge is -2.30. The molecule has 0 aromatic carbocycles. The number of piperidine rings is 1. The molecule has 1 unspecified atom stereocenters. The van der Waals surface area contributed by atoms with Gasteiger partial charge in [0.2, 0.25) is 5.91 Å². The average Bonchev–Trinajstić information content (AvgIpc) is 2.80. The summed E-state index contributed by atoms with van der Waals surface area (Å²) in [6.45, 7) is 3.31. The third-order valence-corrected chi connectivity index (χ3v) is 4.94. The van der Waals surface area contributed by atoms with Gasteiger partial charge in [0, 0.05) is 36.4 Å². The van der Waals surface area contributed by atoms with E-state index in [0.717, 1.165) is 41.6 Å². The number of aliphatic hydroxyl groups is 1. The fraction of sp³-hybridized carbons (Fsp3) is 0.692. The number of hydrogen-bond acceptors (Lipinski definition) is 5. The molecule has 0 bridgehead atoms. The summed E-state index contributed by atoms with van der Waals surface area (Å²) < 4.78 is 0. The van der Waals surface area contributed by atoms with Gasteiger partial charge >= 0.3 is 0 Å². The molecule has 2 heterocycles. The zero-order chi connectivity index (χ0) is 13.7. The van der Waals surface area contributed by atoms with Crippen LogP contribution in [0.5, 0.6) is 0 Å². The van der Waals surface area contributed by atoms with Crippen molar-refractivity contribution < 1.29 is 9.90 Å². The van der Waals surface area contributed by atoms with Gasteiger partial charge in [0.25, 0.3) is 0 Å². The van der Waals surface area contributed by atoms with E-state index in [1.165, 1.54) is 0 Å². The Labute approximate surface area is 122 Å². The average molecular weight is 300 g/mol. The minimum absolute atomic E-state index is 0.167. The SMILES string of the molecule is Cc1nc(CSCCC(=O)N2CCCC(O)C2)cs1. The van der Waals surface area contributed by atoms with Crippen LogP contribution in [0.25, 0.3) is 0 Å². The molecule has 2 rings (SSSR count). The normalized spacial score (nSPS) is 19.7. The van der Waals surface area contributed by atoms with Crippen molar-refractivity contribution >= 4 is 29.0 Å². The number of aliphatic hydroxyl groups excluding tert-OH is 1. The molecule has 1 aromatic rings. The zero-order valence-electron chi connectivity index (χ0n) is 11.2. The summed E-state index contributed by atoms with van der Waals surface area (Å²) in [5.74, 6) is 1.86. The molecular weight excluding hydrogens is 280 g/mol. The minimum Gasteiger partial charge on any atom is -0.391 e. The lowest BCUT2D eigenvalue weighted by Crippen LogP contribution is -2.42. The van der Waals surface area contributed by atoms with E-state index in [1.54, 1.807) is 28.0 Å². The van der Waals surface area contributed by atoms with Gasteiger partial charge in [-0.2, -0.15) is 11.8 Å². The van der Waals surface area contributed by atoms with Crippen LogP contribution in [-0.2, 0) is 10.5 Å². The van der Waals surface area contributed by atoms with Gasteiger partial charge in [-0.15, -0.1) is 11.3 Å². The third kappa shape index (κ3) is 4.78. The summed E-state index contributed by atoms with van der Waals surface area (Å²) in [6, 6.07) is 0. The molecule has 19 heavy (non-hydrogen) atoms. The van der Waals surface area contributed by atoms with Gasteiger partial charge in [-0.05, 0) is 19.8 Å². The summed E-state index contributed by atoms with van der Waals surface area (Å²) in [5, 5.41) is 12.7. The van der Waals surface area contributed by atoms with Crippen LogP contribution in [0, 0.1) is 6.92 Å². The summed E-state index contributed by atoms with van der Waals surface area (Å²) in [7, 11) is 0. The summed E-state index contributed by atoms with van der Waals surface area (Å²) in [4.78, 5) is 18.1. The number of likely N-dealkylation sites (tertiary alicyclic amines) is 1. The van der Waals surface area contributed by atoms with Crippen LogP contribution >= 0.6 is 23.1 Å². The number of aryl methyl sites for hydroxylation is 1. The Morgan fingerprint density at radius 1 is 1.68 bits per heavy atom. The van der Waals surface area contributed by atoms with E-state index in [9.17, 15) is 9.90 Å². The molecule has 1 amide bonds. The monoisotopic (exact) mass is 300 g/mol. The van der Waals surface area contributed by atoms with Crippen LogP contribution in [0.1, 0.15) is 30.0 Å². The number of aromatic nitrogens is 1. The predicted octanol–water partition coefficient (Wildman–Crippen LogP) is 2.06. The quantitative estimate of drug-likeness (QED) is 0.846. The molecule has 0 spiro atoms. The summed E-state index contributed by atoms with van der Waals surface area (Å²) in [5.41, 5.74) is 1.10. The molecule has 1 fully saturated rings. The number of carbonyl (C=O) groups excluding carboxylic acids is 1. The van der Waals surface area contributed by atoms with Gasteiger partial charge in [-0.25, -0.2) is 4.98 Å². The maximum absolute atomic E-state index is 11.9. The highest BCUT2D eigenvalue weighted by Crippen LogP contribution is 2.17. The second-order valence-electron chi connectivity index (χ2n) is 4.80. The number of thiazole rings is 1. The standard InChI is InChI=1S/C13H20N2O2S2/c1-10-14-11(9-19-10)8-18-6-4-13(17)15-5-2-3-12(16)7-15/h9,12,16H,2-8H2,1H3. The first kappa shape index (κ1) is 14.8. The van der Waals surface area contributed by atoms with E-state index in [-0.39, 0.29) is 12.0 Å². The Morgan fingerprint density at radius 3 is 3.21 bits per heavy atom. The molecule has 1 atom stereocenters. The molecule has 0 aliphatic carbocycles. The first-order valence-electron chi connectivity index (χ1n) is 6.60. The van der Waals surface area contributed by atoms with E-state index < -0.39 is 0 Å². The van der Waals surface area contributed by atoms with Gasteiger partial charge in [-0.3, -0.25) is 4.79 Å². The Kier molecular flexibility index (Phi) is 5.66. The van der Waals surface area contributed by atoms with Crippen molar-refractivity contribution in [2.24, 2.45) is 0 Å². The molecule has 1 aliphatic heterocycles. The maximum atomic E-state index is 11.9. The number of nitrogens with zero attached hydrogens (tertiary/aromatic N) is 2. The van der Waals surface area contributed by atoms with Gasteiger partial charge in [-0.1, -0.05) is 0 Å². The number of hydrogen-bond donors (Lipinski definition) is 1. The Hall–Kier alpha value is -0.590. The lowest BCUT2D eigenvalue weighted by molar-refractivity contribution is -0.133. The lowest BCUT2D eigenvalue weighted by atomic mass is 10.1. The predicted molar refractivity (Wildman–Crippen MR) is 79.5 cm³/mol. The number of carbonyl (C=O) groups is 1. The van der Waals surface area contributed by atoms with Crippen LogP contribution in [0.2, 0.25) is 0 Å². The van der Waals surface area contributed by atoms with E-state index >= 15 is 0 Å². The largest absolute Gasteiger partial charge is 0.391 e. The second-order valence-corrected chi connectivity index (χ2v) is 6.96. The van der Waals surface area contributed by atoms with Crippen LogP contribution in [0.15, 0.2) is 5.38 Å². The second kappa shape index (κ2) is 7.26. The van der Waals surface area contributed by atoms with Crippen molar-refractivity contribution in [2.75, 3.05) is 18.8 Å². The number of amides is 1. The summed E-state index contributed by atoms with van der Waals surface area (Å²) >= 11 is 3.41. The molecule has 0 saturated carbocycles. The highest BCUT2D eigenvalue weighted by Gasteiger charge is 2.21. The number of β-amino-alcohol motifs (C(OH)–C–C–N with tert-alkyl or cyclic N) is 1. The number of thioether (sulfide) groups is 1. The van der Waals surface area contributed by atoms with Crippen molar-refractivity contribution in [3.8, 4) is 0 Å². The Balaban J connectivity index is 1.63. The van der Waals surface area contributed by atoms with Crippen LogP contribution < -0.4 is 0 Å². The minimum atomic E-state index is -0.330. The molecule has 6 heteroatoms. The van der Waals surface area contributed by atoms with Crippen molar-refractivity contribution in [3.05, 3.63) is 16.1 Å². The fourth-order valence-electron chi connectivity index (χ4n) is 2.15. The van der Waals surface area contributed by atoms with Gasteiger partial charge in [0.1, 0.15) is 0 Å². The fourth-order valence-corrected chi connectivity index (χ4v) is 3.69. The first-order valence-corrected chi connectivity index (χ1v) is 8.63. The van der Waals surface area contributed by atoms with E-state index in [4.69, 9.17) is 0 Å². The maximum Gasteiger partial charge on any atom is 0.223 e. The highest BCUT2D eigenvalue weighted by atomic mass is 32.2. The smallest absolute Gasteiger partial charge is 0.223 e. The first-order chi connectivity index (χ1) is 9.15. The molecule has 1 N–H and O–H groups in total. The van der Waals surface area contributed by atoms with E-state index in [1.807, 2.05) is 6.92 Å². The van der Waals surface area contributed by atoms with Gasteiger partial charge < -0.3 is 10.0 Å². The van der Waals surface area contributed by atoms with Crippen LogP contribution in [-0.4, -0.2) is 45.8 Å². The molecule has 0 radical (unpaired) electrons. The molecule has 106 valence electrons. The van der Waals surface area contributed by atoms with Gasteiger partial charge in [0.05, 0.1) is 16.8 Å². The Morgan fingerprint density at radius 2 is 2.53 bits per heavy atom. The van der Waals surface area contributed by atoms with Gasteiger partial charge in [0.15, 0.2) is 0 Å². The summed E-state index contributed by atoms with van der Waals surface area (Å²) in [6.07, 6.45) is 1.96. The zero-order valence-corrected chi connectivity index (χ0v) is 12.8. The molecule has 1 saturated heterocycles. The highest BCUT2D eigenvalue weighted by molar-refractivity contribution is 7.98. The van der Waals surface area contributed by atoms with Crippen LogP contribution in [0.4, 0.5) is 0 Å². The number of rotatable bonds is 5. The molecule has 4 nitrogen and oxygen atoms in total. The van der Waals surface area contributed by atoms with E-state index in [2.05, 4.69) is 10.4 Å². The molecular formula is C13H20N2O2S2. The molecule has 1 aliphatic rings.